The first-order valence-electron chi connectivity index (χ1n) is 6.32. The average molecular weight is 325 g/mol. The third-order valence-corrected chi connectivity index (χ3v) is 3.53. The molecule has 0 aromatic heterocycles. The van der Waals surface area contributed by atoms with Crippen LogP contribution < -0.4 is 10.2 Å². The quantitative estimate of drug-likeness (QED) is 0.682. The third kappa shape index (κ3) is 4.00. The molecule has 1 heterocycles. The van der Waals surface area contributed by atoms with Gasteiger partial charge in [0.1, 0.15) is 0 Å². The molecule has 1 saturated heterocycles. The first-order chi connectivity index (χ1) is 9.77. The highest BCUT2D eigenvalue weighted by Gasteiger charge is 2.36. The Kier molecular flexibility index (Phi) is 4.61. The van der Waals surface area contributed by atoms with E-state index in [1.165, 1.54) is 6.07 Å². The van der Waals surface area contributed by atoms with Crippen molar-refractivity contribution in [3.63, 3.8) is 0 Å². The summed E-state index contributed by atoms with van der Waals surface area (Å²) < 4.78 is 51.0. The van der Waals surface area contributed by atoms with Crippen molar-refractivity contribution in [1.82, 2.24) is 5.32 Å². The average Bonchev–Trinajstić information content (AvgIpc) is 2.87. The van der Waals surface area contributed by atoms with Crippen LogP contribution in [0.2, 0.25) is 0 Å². The number of nitrogens with one attached hydrogen (secondary N) is 1. The minimum absolute atomic E-state index is 0.0546. The molecule has 2 rings (SSSR count). The molecule has 3 nitrogen and oxygen atoms in total. The van der Waals surface area contributed by atoms with Gasteiger partial charge in [0.2, 0.25) is 0 Å². The number of alkyl halides is 3. The van der Waals surface area contributed by atoms with Gasteiger partial charge in [-0.25, -0.2) is 8.78 Å². The van der Waals surface area contributed by atoms with Crippen LogP contribution in [0.5, 0.6) is 0 Å². The lowest BCUT2D eigenvalue weighted by Gasteiger charge is -2.19. The smallest absolute Gasteiger partial charge is 0.371 e. The van der Waals surface area contributed by atoms with Crippen LogP contribution in [0.25, 0.3) is 0 Å². The molecule has 1 aromatic rings. The highest BCUT2D eigenvalue weighted by atomic mass is 35.5. The van der Waals surface area contributed by atoms with Crippen molar-refractivity contribution < 1.29 is 22.4 Å². The van der Waals surface area contributed by atoms with Crippen molar-refractivity contribution in [2.24, 2.45) is 5.92 Å². The summed E-state index contributed by atoms with van der Waals surface area (Å²) in [7, 11) is 0. The number of anilines is 1. The van der Waals surface area contributed by atoms with E-state index in [0.717, 1.165) is 12.1 Å². The number of amides is 1. The standard InChI is InChI=1S/C13H13ClF4N2O/c14-13(17,18)12(21)19-6-8-3-4-20(7-8)9-1-2-10(15)11(16)5-9/h1-2,5,8H,3-4,6-7H2,(H,19,21). The van der Waals surface area contributed by atoms with Crippen molar-refractivity contribution >= 4 is 23.2 Å². The van der Waals surface area contributed by atoms with E-state index in [4.69, 9.17) is 0 Å². The van der Waals surface area contributed by atoms with E-state index in [9.17, 15) is 22.4 Å². The summed E-state index contributed by atoms with van der Waals surface area (Å²) >= 11 is 4.59. The van der Waals surface area contributed by atoms with Crippen LogP contribution in [0.3, 0.4) is 0 Å². The highest BCUT2D eigenvalue weighted by Crippen LogP contribution is 2.25. The second-order valence-electron chi connectivity index (χ2n) is 4.91. The maximum atomic E-state index is 13.2. The fourth-order valence-corrected chi connectivity index (χ4v) is 2.32. The molecule has 116 valence electrons. The monoisotopic (exact) mass is 324 g/mol. The second-order valence-corrected chi connectivity index (χ2v) is 5.38. The fraction of sp³-hybridized carbons (Fsp3) is 0.462. The topological polar surface area (TPSA) is 32.3 Å². The van der Waals surface area contributed by atoms with E-state index in [0.29, 0.717) is 25.2 Å². The minimum atomic E-state index is -3.92. The third-order valence-electron chi connectivity index (χ3n) is 3.36. The lowest BCUT2D eigenvalue weighted by Crippen LogP contribution is -2.39. The molecular formula is C13H13ClF4N2O. The lowest BCUT2D eigenvalue weighted by molar-refractivity contribution is -0.135. The van der Waals surface area contributed by atoms with E-state index >= 15 is 0 Å². The number of rotatable bonds is 4. The number of hydrogen-bond donors (Lipinski definition) is 1. The highest BCUT2D eigenvalue weighted by molar-refractivity contribution is 6.32. The molecule has 1 N–H and O–H groups in total. The van der Waals surface area contributed by atoms with E-state index in [2.05, 4.69) is 16.9 Å². The largest absolute Gasteiger partial charge is 0.399 e. The first kappa shape index (κ1) is 15.9. The summed E-state index contributed by atoms with van der Waals surface area (Å²) in [6.45, 7) is 1.09. The van der Waals surface area contributed by atoms with Gasteiger partial charge < -0.3 is 10.2 Å². The zero-order chi connectivity index (χ0) is 15.6. The van der Waals surface area contributed by atoms with Gasteiger partial charge in [-0.15, -0.1) is 0 Å². The molecule has 0 bridgehead atoms. The Morgan fingerprint density at radius 3 is 2.71 bits per heavy atom. The van der Waals surface area contributed by atoms with Gasteiger partial charge in [-0.3, -0.25) is 4.79 Å². The Balaban J connectivity index is 1.89. The summed E-state index contributed by atoms with van der Waals surface area (Å²) in [6.07, 6.45) is 0.646. The molecule has 21 heavy (non-hydrogen) atoms. The summed E-state index contributed by atoms with van der Waals surface area (Å²) in [5, 5.41) is -1.84. The summed E-state index contributed by atoms with van der Waals surface area (Å²) in [5.74, 6) is -3.45. The van der Waals surface area contributed by atoms with Gasteiger partial charge in [0, 0.05) is 31.4 Å². The van der Waals surface area contributed by atoms with E-state index in [-0.39, 0.29) is 12.5 Å². The van der Waals surface area contributed by atoms with Crippen molar-refractivity contribution in [2.75, 3.05) is 24.5 Å². The molecule has 1 fully saturated rings. The summed E-state index contributed by atoms with van der Waals surface area (Å²) in [4.78, 5) is 12.8. The maximum Gasteiger partial charge on any atom is 0.399 e. The number of carbonyl (C=O) groups excluding carboxylic acids is 1. The number of nitrogens with zero attached hydrogens (tertiary/aromatic N) is 1. The molecule has 0 radical (unpaired) electrons. The molecule has 8 heteroatoms. The summed E-state index contributed by atoms with van der Waals surface area (Å²) in [5.41, 5.74) is 0.519. The molecule has 0 saturated carbocycles. The van der Waals surface area contributed by atoms with Crippen LogP contribution in [0.15, 0.2) is 18.2 Å². The number of halogens is 5. The number of carbonyl (C=O) groups is 1. The van der Waals surface area contributed by atoms with Crippen molar-refractivity contribution in [3.8, 4) is 0 Å². The predicted molar refractivity (Wildman–Crippen MR) is 70.5 cm³/mol. The molecule has 1 aliphatic rings. The number of hydrogen-bond acceptors (Lipinski definition) is 2. The van der Waals surface area contributed by atoms with Gasteiger partial charge in [0.05, 0.1) is 0 Å². The van der Waals surface area contributed by atoms with E-state index < -0.39 is 22.9 Å². The van der Waals surface area contributed by atoms with Crippen molar-refractivity contribution in [1.29, 1.82) is 0 Å². The molecule has 1 aliphatic heterocycles. The second kappa shape index (κ2) is 6.09. The maximum absolute atomic E-state index is 13.2. The van der Waals surface area contributed by atoms with E-state index in [1.807, 2.05) is 0 Å². The molecule has 1 unspecified atom stereocenters. The summed E-state index contributed by atoms with van der Waals surface area (Å²) in [6, 6.07) is 3.57. The van der Waals surface area contributed by atoms with Crippen LogP contribution in [0, 0.1) is 17.6 Å². The molecule has 1 aromatic carbocycles. The van der Waals surface area contributed by atoms with Crippen molar-refractivity contribution in [3.05, 3.63) is 29.8 Å². The molecule has 0 spiro atoms. The first-order valence-corrected chi connectivity index (χ1v) is 6.70. The number of benzene rings is 1. The lowest BCUT2D eigenvalue weighted by atomic mass is 10.1. The fourth-order valence-electron chi connectivity index (χ4n) is 2.25. The Labute approximate surface area is 123 Å². The normalized spacial score (nSPS) is 18.9. The van der Waals surface area contributed by atoms with E-state index in [1.54, 1.807) is 4.90 Å². The van der Waals surface area contributed by atoms with Gasteiger partial charge >= 0.3 is 11.3 Å². The van der Waals surface area contributed by atoms with Crippen LogP contribution >= 0.6 is 11.6 Å². The van der Waals surface area contributed by atoms with Gasteiger partial charge in [-0.2, -0.15) is 8.78 Å². The van der Waals surface area contributed by atoms with Gasteiger partial charge in [0.15, 0.2) is 11.6 Å². The Morgan fingerprint density at radius 1 is 1.38 bits per heavy atom. The molecule has 0 aliphatic carbocycles. The van der Waals surface area contributed by atoms with Gasteiger partial charge in [0.25, 0.3) is 0 Å². The SMILES string of the molecule is O=C(NCC1CCN(c2ccc(F)c(F)c2)C1)C(F)(F)Cl. The molecular weight excluding hydrogens is 312 g/mol. The minimum Gasteiger partial charge on any atom is -0.371 e. The Morgan fingerprint density at radius 2 is 2.10 bits per heavy atom. The Hall–Kier alpha value is -1.50. The van der Waals surface area contributed by atoms with Crippen LogP contribution in [-0.2, 0) is 4.79 Å². The van der Waals surface area contributed by atoms with Gasteiger partial charge in [-0.05, 0) is 36.1 Å². The zero-order valence-corrected chi connectivity index (χ0v) is 11.6. The Bertz CT molecular complexity index is 535. The van der Waals surface area contributed by atoms with Gasteiger partial charge in [-0.1, -0.05) is 0 Å². The zero-order valence-electron chi connectivity index (χ0n) is 10.9. The van der Waals surface area contributed by atoms with Crippen LogP contribution in [0.1, 0.15) is 6.42 Å². The van der Waals surface area contributed by atoms with Crippen molar-refractivity contribution in [2.45, 2.75) is 11.8 Å². The van der Waals surface area contributed by atoms with Crippen LogP contribution in [-0.4, -0.2) is 30.9 Å². The van der Waals surface area contributed by atoms with Crippen LogP contribution in [0.4, 0.5) is 23.2 Å². The molecule has 1 atom stereocenters. The molecule has 1 amide bonds. The predicted octanol–water partition coefficient (Wildman–Crippen LogP) is 2.74.